The quantitative estimate of drug-likeness (QED) is 0.553. The minimum Gasteiger partial charge on any atom is -0.385 e. The van der Waals surface area contributed by atoms with Gasteiger partial charge in [0.1, 0.15) is 6.29 Å². The topological polar surface area (TPSA) is 29.1 Å². The van der Waals surface area contributed by atoms with Gasteiger partial charge < -0.3 is 10.1 Å². The van der Waals surface area contributed by atoms with E-state index in [4.69, 9.17) is 0 Å². The highest BCUT2D eigenvalue weighted by molar-refractivity contribution is 5.52. The number of hydrogen-bond acceptors (Lipinski definition) is 2. The van der Waals surface area contributed by atoms with Crippen LogP contribution in [0.15, 0.2) is 24.3 Å². The standard InChI is InChI=1S/C12H17NO/c1-2-11-7-3-4-8-12(11)13-9-5-6-10-14/h3-4,7-8,10,13H,2,5-6,9H2,1H3. The molecule has 1 N–H and O–H groups in total. The molecule has 1 rings (SSSR count). The Morgan fingerprint density at radius 1 is 1.36 bits per heavy atom. The lowest BCUT2D eigenvalue weighted by molar-refractivity contribution is -0.107. The Balaban J connectivity index is 2.44. The zero-order valence-corrected chi connectivity index (χ0v) is 8.62. The molecule has 0 radical (unpaired) electrons. The molecule has 0 aliphatic carbocycles. The lowest BCUT2D eigenvalue weighted by Crippen LogP contribution is -2.03. The van der Waals surface area contributed by atoms with Gasteiger partial charge in [0.05, 0.1) is 0 Å². The number of nitrogens with one attached hydrogen (secondary N) is 1. The normalized spacial score (nSPS) is 9.79. The van der Waals surface area contributed by atoms with Crippen LogP contribution in [0.3, 0.4) is 0 Å². The van der Waals surface area contributed by atoms with Crippen molar-refractivity contribution in [1.29, 1.82) is 0 Å². The van der Waals surface area contributed by atoms with E-state index in [1.54, 1.807) is 0 Å². The molecule has 0 spiro atoms. The third-order valence-electron chi connectivity index (χ3n) is 2.21. The molecule has 14 heavy (non-hydrogen) atoms. The van der Waals surface area contributed by atoms with Crippen molar-refractivity contribution >= 4 is 12.0 Å². The number of carbonyl (C=O) groups excluding carboxylic acids is 1. The van der Waals surface area contributed by atoms with Gasteiger partial charge in [-0.25, -0.2) is 0 Å². The number of aldehydes is 1. The van der Waals surface area contributed by atoms with Crippen LogP contribution in [0.25, 0.3) is 0 Å². The zero-order valence-electron chi connectivity index (χ0n) is 8.62. The first-order chi connectivity index (χ1) is 6.88. The maximum Gasteiger partial charge on any atom is 0.120 e. The van der Waals surface area contributed by atoms with Crippen molar-refractivity contribution in [1.82, 2.24) is 0 Å². The van der Waals surface area contributed by atoms with Crippen LogP contribution in [0.4, 0.5) is 5.69 Å². The predicted molar refractivity (Wildman–Crippen MR) is 59.6 cm³/mol. The molecule has 0 saturated carbocycles. The molecule has 0 unspecified atom stereocenters. The largest absolute Gasteiger partial charge is 0.385 e. The Hall–Kier alpha value is -1.31. The Morgan fingerprint density at radius 2 is 2.14 bits per heavy atom. The predicted octanol–water partition coefficient (Wildman–Crippen LogP) is 2.64. The average Bonchev–Trinajstić information content (AvgIpc) is 2.25. The summed E-state index contributed by atoms with van der Waals surface area (Å²) in [6.45, 7) is 3.02. The van der Waals surface area contributed by atoms with Crippen molar-refractivity contribution in [2.75, 3.05) is 11.9 Å². The molecule has 0 heterocycles. The first-order valence-electron chi connectivity index (χ1n) is 5.14. The van der Waals surface area contributed by atoms with Crippen molar-refractivity contribution in [2.45, 2.75) is 26.2 Å². The Kier molecular flexibility index (Phi) is 4.76. The van der Waals surface area contributed by atoms with Gasteiger partial charge in [0.2, 0.25) is 0 Å². The number of anilines is 1. The second-order valence-corrected chi connectivity index (χ2v) is 3.25. The van der Waals surface area contributed by atoms with Gasteiger partial charge in [0.15, 0.2) is 0 Å². The number of hydrogen-bond donors (Lipinski definition) is 1. The lowest BCUT2D eigenvalue weighted by atomic mass is 10.1. The molecule has 1 aromatic carbocycles. The van der Waals surface area contributed by atoms with Crippen molar-refractivity contribution in [3.63, 3.8) is 0 Å². The Bertz CT molecular complexity index is 283. The molecule has 0 bridgehead atoms. The van der Waals surface area contributed by atoms with E-state index in [1.807, 2.05) is 6.07 Å². The van der Waals surface area contributed by atoms with E-state index in [-0.39, 0.29) is 0 Å². The summed E-state index contributed by atoms with van der Waals surface area (Å²) in [4.78, 5) is 10.1. The highest BCUT2D eigenvalue weighted by Crippen LogP contribution is 2.15. The van der Waals surface area contributed by atoms with Crippen LogP contribution in [-0.2, 0) is 11.2 Å². The van der Waals surface area contributed by atoms with E-state index in [9.17, 15) is 4.79 Å². The summed E-state index contributed by atoms with van der Waals surface area (Å²) in [7, 11) is 0. The van der Waals surface area contributed by atoms with Crippen LogP contribution in [0.5, 0.6) is 0 Å². The number of para-hydroxylation sites is 1. The van der Waals surface area contributed by atoms with E-state index < -0.39 is 0 Å². The fraction of sp³-hybridized carbons (Fsp3) is 0.417. The zero-order chi connectivity index (χ0) is 10.2. The SMILES string of the molecule is CCc1ccccc1NCCCC=O. The Labute approximate surface area is 85.3 Å². The molecular weight excluding hydrogens is 174 g/mol. The third-order valence-corrected chi connectivity index (χ3v) is 2.21. The smallest absolute Gasteiger partial charge is 0.120 e. The summed E-state index contributed by atoms with van der Waals surface area (Å²) in [5.74, 6) is 0. The molecule has 0 amide bonds. The summed E-state index contributed by atoms with van der Waals surface area (Å²) >= 11 is 0. The van der Waals surface area contributed by atoms with E-state index in [0.717, 1.165) is 25.7 Å². The van der Waals surface area contributed by atoms with Crippen LogP contribution in [-0.4, -0.2) is 12.8 Å². The number of unbranched alkanes of at least 4 members (excludes halogenated alkanes) is 1. The van der Waals surface area contributed by atoms with E-state index in [0.29, 0.717) is 6.42 Å². The molecule has 0 aliphatic rings. The van der Waals surface area contributed by atoms with Crippen LogP contribution in [0.2, 0.25) is 0 Å². The average molecular weight is 191 g/mol. The van der Waals surface area contributed by atoms with Crippen molar-refractivity contribution < 1.29 is 4.79 Å². The lowest BCUT2D eigenvalue weighted by Gasteiger charge is -2.09. The van der Waals surface area contributed by atoms with Gasteiger partial charge >= 0.3 is 0 Å². The molecule has 0 atom stereocenters. The van der Waals surface area contributed by atoms with Gasteiger partial charge in [-0.1, -0.05) is 25.1 Å². The summed E-state index contributed by atoms with van der Waals surface area (Å²) in [6, 6.07) is 8.29. The van der Waals surface area contributed by atoms with Crippen molar-refractivity contribution in [2.24, 2.45) is 0 Å². The van der Waals surface area contributed by atoms with Crippen LogP contribution in [0.1, 0.15) is 25.3 Å². The number of carbonyl (C=O) groups is 1. The molecule has 2 heteroatoms. The highest BCUT2D eigenvalue weighted by Gasteiger charge is 1.97. The fourth-order valence-electron chi connectivity index (χ4n) is 1.41. The van der Waals surface area contributed by atoms with Crippen LogP contribution in [0, 0.1) is 0 Å². The molecule has 2 nitrogen and oxygen atoms in total. The van der Waals surface area contributed by atoms with Crippen LogP contribution >= 0.6 is 0 Å². The minimum atomic E-state index is 0.640. The van der Waals surface area contributed by atoms with E-state index in [2.05, 4.69) is 30.4 Å². The maximum absolute atomic E-state index is 10.1. The van der Waals surface area contributed by atoms with Gasteiger partial charge in [0, 0.05) is 18.7 Å². The number of benzene rings is 1. The van der Waals surface area contributed by atoms with Gasteiger partial charge in [-0.3, -0.25) is 0 Å². The first kappa shape index (κ1) is 10.8. The molecular formula is C12H17NO. The molecule has 0 aliphatic heterocycles. The van der Waals surface area contributed by atoms with Crippen molar-refractivity contribution in [3.05, 3.63) is 29.8 Å². The maximum atomic E-state index is 10.1. The van der Waals surface area contributed by atoms with E-state index in [1.165, 1.54) is 11.3 Å². The van der Waals surface area contributed by atoms with Gasteiger partial charge in [-0.05, 0) is 24.5 Å². The second kappa shape index (κ2) is 6.19. The monoisotopic (exact) mass is 191 g/mol. The summed E-state index contributed by atoms with van der Waals surface area (Å²) < 4.78 is 0. The third kappa shape index (κ3) is 3.21. The highest BCUT2D eigenvalue weighted by atomic mass is 16.1. The second-order valence-electron chi connectivity index (χ2n) is 3.25. The van der Waals surface area contributed by atoms with Gasteiger partial charge in [-0.15, -0.1) is 0 Å². The molecule has 76 valence electrons. The molecule has 1 aromatic rings. The number of aryl methyl sites for hydroxylation is 1. The Morgan fingerprint density at radius 3 is 2.86 bits per heavy atom. The molecule has 0 saturated heterocycles. The summed E-state index contributed by atoms with van der Waals surface area (Å²) in [5, 5.41) is 3.34. The van der Waals surface area contributed by atoms with E-state index >= 15 is 0 Å². The fourth-order valence-corrected chi connectivity index (χ4v) is 1.41. The van der Waals surface area contributed by atoms with Crippen LogP contribution < -0.4 is 5.32 Å². The molecule has 0 fully saturated rings. The van der Waals surface area contributed by atoms with Crippen molar-refractivity contribution in [3.8, 4) is 0 Å². The van der Waals surface area contributed by atoms with Gasteiger partial charge in [0.25, 0.3) is 0 Å². The van der Waals surface area contributed by atoms with Gasteiger partial charge in [-0.2, -0.15) is 0 Å². The first-order valence-corrected chi connectivity index (χ1v) is 5.14. The minimum absolute atomic E-state index is 0.640. The summed E-state index contributed by atoms with van der Waals surface area (Å²) in [6.07, 6.45) is 3.55. The summed E-state index contributed by atoms with van der Waals surface area (Å²) in [5.41, 5.74) is 2.53. The number of rotatable bonds is 6. The molecule has 0 aromatic heterocycles.